The molecule has 0 aliphatic carbocycles. The largest absolute Gasteiger partial charge is 0.458 e. The average Bonchev–Trinajstić information content (AvgIpc) is 2.98. The molecule has 0 atom stereocenters. The van der Waals surface area contributed by atoms with Gasteiger partial charge in [0.2, 0.25) is 5.91 Å². The number of hydrogen-bond donors (Lipinski definition) is 1. The number of nitrogens with zero attached hydrogens (tertiary/aromatic N) is 1. The summed E-state index contributed by atoms with van der Waals surface area (Å²) in [6.45, 7) is 7.63. The molecule has 2 aromatic rings. The van der Waals surface area contributed by atoms with Gasteiger partial charge in [-0.3, -0.25) is 4.79 Å². The number of nitrogens with one attached hydrogen (secondary N) is 1. The zero-order valence-corrected chi connectivity index (χ0v) is 12.9. The summed E-state index contributed by atoms with van der Waals surface area (Å²) in [4.78, 5) is 24.9. The van der Waals surface area contributed by atoms with E-state index in [2.05, 4.69) is 11.9 Å². The van der Waals surface area contributed by atoms with Crippen LogP contribution in [0.3, 0.4) is 0 Å². The minimum absolute atomic E-state index is 0.0837. The molecule has 5 nitrogen and oxygen atoms in total. The molecule has 0 radical (unpaired) electrons. The van der Waals surface area contributed by atoms with Gasteiger partial charge in [0, 0.05) is 11.9 Å². The second kappa shape index (κ2) is 6.58. The van der Waals surface area contributed by atoms with Crippen molar-refractivity contribution >= 4 is 33.4 Å². The summed E-state index contributed by atoms with van der Waals surface area (Å²) in [7, 11) is 0. The molecule has 112 valence electrons. The minimum atomic E-state index is -0.412. The Morgan fingerprint density at radius 1 is 1.52 bits per heavy atom. The monoisotopic (exact) mass is 306 g/mol. The van der Waals surface area contributed by atoms with Crippen molar-refractivity contribution in [2.75, 3.05) is 6.54 Å². The fraction of sp³-hybridized carbons (Fsp3) is 0.333. The van der Waals surface area contributed by atoms with E-state index in [1.807, 2.05) is 11.4 Å². The molecular weight excluding hydrogens is 288 g/mol. The van der Waals surface area contributed by atoms with E-state index in [1.165, 1.54) is 11.3 Å². The molecule has 0 saturated carbocycles. The Hall–Kier alpha value is -2.08. The summed E-state index contributed by atoms with van der Waals surface area (Å²) in [5.74, 6) is -0.579. The van der Waals surface area contributed by atoms with Gasteiger partial charge in [0.25, 0.3) is 0 Å². The summed E-state index contributed by atoms with van der Waals surface area (Å²) in [6, 6.07) is 3.68. The molecule has 2 heterocycles. The maximum absolute atomic E-state index is 12.2. The highest BCUT2D eigenvalue weighted by molar-refractivity contribution is 7.16. The van der Waals surface area contributed by atoms with Crippen LogP contribution in [0.25, 0.3) is 10.2 Å². The second-order valence-corrected chi connectivity index (χ2v) is 5.74. The fourth-order valence-electron chi connectivity index (χ4n) is 1.96. The third kappa shape index (κ3) is 3.52. The Balaban J connectivity index is 2.30. The number of carbonyl (C=O) groups excluding carboxylic acids is 2. The number of ether oxygens (including phenoxy) is 1. The quantitative estimate of drug-likeness (QED) is 0.659. The lowest BCUT2D eigenvalue weighted by Crippen LogP contribution is -2.29. The Labute approximate surface area is 127 Å². The Morgan fingerprint density at radius 2 is 2.29 bits per heavy atom. The summed E-state index contributed by atoms with van der Waals surface area (Å²) < 4.78 is 6.93. The van der Waals surface area contributed by atoms with E-state index in [0.717, 1.165) is 10.2 Å². The summed E-state index contributed by atoms with van der Waals surface area (Å²) in [5.41, 5.74) is 0.402. The highest BCUT2D eigenvalue weighted by atomic mass is 32.1. The van der Waals surface area contributed by atoms with Crippen LogP contribution in [0.2, 0.25) is 0 Å². The van der Waals surface area contributed by atoms with Crippen LogP contribution in [-0.2, 0) is 16.1 Å². The molecule has 0 fully saturated rings. The number of esters is 1. The number of aromatic nitrogens is 1. The Kier molecular flexibility index (Phi) is 4.80. The highest BCUT2D eigenvalue weighted by Crippen LogP contribution is 2.26. The maximum atomic E-state index is 12.2. The Morgan fingerprint density at radius 3 is 2.95 bits per heavy atom. The maximum Gasteiger partial charge on any atom is 0.355 e. The van der Waals surface area contributed by atoms with Gasteiger partial charge in [-0.25, -0.2) is 4.79 Å². The highest BCUT2D eigenvalue weighted by Gasteiger charge is 2.20. The smallest absolute Gasteiger partial charge is 0.355 e. The van der Waals surface area contributed by atoms with Gasteiger partial charge in [0.05, 0.1) is 6.10 Å². The number of thiophene rings is 1. The van der Waals surface area contributed by atoms with Gasteiger partial charge in [-0.05, 0) is 31.4 Å². The first-order valence-corrected chi connectivity index (χ1v) is 7.56. The molecule has 0 unspecified atom stereocenters. The second-order valence-electron chi connectivity index (χ2n) is 4.84. The third-order valence-corrected chi connectivity index (χ3v) is 3.75. The van der Waals surface area contributed by atoms with Crippen molar-refractivity contribution in [1.82, 2.24) is 9.88 Å². The standard InChI is InChI=1S/C15H18N2O3S/c1-4-6-16-13(18)9-17-12(15(19)20-10(2)3)8-11-5-7-21-14(11)17/h4-5,7-8,10H,1,6,9H2,2-3H3,(H,16,18). The summed E-state index contributed by atoms with van der Waals surface area (Å²) >= 11 is 1.49. The van der Waals surface area contributed by atoms with E-state index in [0.29, 0.717) is 12.2 Å². The average molecular weight is 306 g/mol. The molecule has 2 rings (SSSR count). The van der Waals surface area contributed by atoms with Gasteiger partial charge < -0.3 is 14.6 Å². The van der Waals surface area contributed by atoms with Gasteiger partial charge in [-0.1, -0.05) is 6.08 Å². The van der Waals surface area contributed by atoms with Gasteiger partial charge in [0.15, 0.2) is 0 Å². The summed E-state index contributed by atoms with van der Waals surface area (Å²) in [6.07, 6.45) is 1.41. The first-order valence-electron chi connectivity index (χ1n) is 6.68. The van der Waals surface area contributed by atoms with Crippen LogP contribution in [-0.4, -0.2) is 29.1 Å². The van der Waals surface area contributed by atoms with Crippen LogP contribution in [0.15, 0.2) is 30.2 Å². The molecule has 0 spiro atoms. The van der Waals surface area contributed by atoms with E-state index in [-0.39, 0.29) is 18.6 Å². The first-order chi connectivity index (χ1) is 10.0. The van der Waals surface area contributed by atoms with E-state index >= 15 is 0 Å². The zero-order chi connectivity index (χ0) is 15.4. The van der Waals surface area contributed by atoms with Crippen LogP contribution in [0.4, 0.5) is 0 Å². The van der Waals surface area contributed by atoms with Crippen LogP contribution in [0.1, 0.15) is 24.3 Å². The van der Waals surface area contributed by atoms with Gasteiger partial charge in [0.1, 0.15) is 17.1 Å². The lowest BCUT2D eigenvalue weighted by Gasteiger charge is -2.11. The SMILES string of the molecule is C=CCNC(=O)Cn1c(C(=O)OC(C)C)cc2ccsc21. The van der Waals surface area contributed by atoms with Gasteiger partial charge >= 0.3 is 5.97 Å². The van der Waals surface area contributed by atoms with Gasteiger partial charge in [-0.15, -0.1) is 17.9 Å². The van der Waals surface area contributed by atoms with Crippen LogP contribution < -0.4 is 5.32 Å². The minimum Gasteiger partial charge on any atom is -0.458 e. The van der Waals surface area contributed by atoms with Crippen molar-refractivity contribution in [2.45, 2.75) is 26.5 Å². The Bertz CT molecular complexity index is 670. The first kappa shape index (κ1) is 15.3. The van der Waals surface area contributed by atoms with E-state index in [9.17, 15) is 9.59 Å². The predicted octanol–water partition coefficient (Wildman–Crippen LogP) is 2.57. The van der Waals surface area contributed by atoms with Crippen molar-refractivity contribution in [1.29, 1.82) is 0 Å². The molecule has 0 saturated heterocycles. The van der Waals surface area contributed by atoms with E-state index in [4.69, 9.17) is 4.74 Å². The van der Waals surface area contributed by atoms with Crippen molar-refractivity contribution in [3.8, 4) is 0 Å². The fourth-order valence-corrected chi connectivity index (χ4v) is 2.86. The van der Waals surface area contributed by atoms with Crippen molar-refractivity contribution in [2.24, 2.45) is 0 Å². The van der Waals surface area contributed by atoms with Gasteiger partial charge in [-0.2, -0.15) is 0 Å². The summed E-state index contributed by atoms with van der Waals surface area (Å²) in [5, 5.41) is 5.58. The molecule has 21 heavy (non-hydrogen) atoms. The molecule has 0 aliphatic heterocycles. The molecule has 6 heteroatoms. The molecule has 1 amide bonds. The normalized spacial score (nSPS) is 10.8. The third-order valence-electron chi connectivity index (χ3n) is 2.80. The number of amides is 1. The van der Waals surface area contributed by atoms with Crippen molar-refractivity contribution in [3.63, 3.8) is 0 Å². The van der Waals surface area contributed by atoms with E-state index < -0.39 is 5.97 Å². The number of hydrogen-bond acceptors (Lipinski definition) is 4. The molecule has 0 bridgehead atoms. The van der Waals surface area contributed by atoms with Crippen molar-refractivity contribution in [3.05, 3.63) is 35.9 Å². The molecule has 0 aromatic carbocycles. The van der Waals surface area contributed by atoms with Crippen LogP contribution in [0, 0.1) is 0 Å². The van der Waals surface area contributed by atoms with Crippen LogP contribution in [0.5, 0.6) is 0 Å². The molecular formula is C15H18N2O3S. The molecule has 0 aliphatic rings. The number of fused-ring (bicyclic) bond motifs is 1. The predicted molar refractivity (Wildman–Crippen MR) is 83.6 cm³/mol. The van der Waals surface area contributed by atoms with Crippen molar-refractivity contribution < 1.29 is 14.3 Å². The number of carbonyl (C=O) groups is 2. The number of rotatable bonds is 6. The molecule has 2 aromatic heterocycles. The van der Waals surface area contributed by atoms with Crippen LogP contribution >= 0.6 is 11.3 Å². The molecule has 1 N–H and O–H groups in total. The topological polar surface area (TPSA) is 60.3 Å². The lowest BCUT2D eigenvalue weighted by atomic mass is 10.3. The lowest BCUT2D eigenvalue weighted by molar-refractivity contribution is -0.121. The van der Waals surface area contributed by atoms with E-state index in [1.54, 1.807) is 30.6 Å². The zero-order valence-electron chi connectivity index (χ0n) is 12.1.